The van der Waals surface area contributed by atoms with Gasteiger partial charge in [-0.2, -0.15) is 0 Å². The Morgan fingerprint density at radius 2 is 0.513 bits per heavy atom. The van der Waals surface area contributed by atoms with Crippen molar-refractivity contribution in [1.29, 1.82) is 0 Å². The van der Waals surface area contributed by atoms with Crippen LogP contribution in [0.5, 0.6) is 0 Å². The molecule has 1 aliphatic rings. The summed E-state index contributed by atoms with van der Waals surface area (Å²) in [6.45, 7) is 18.2. The number of likely N-dealkylation sites (tertiary alicyclic amines) is 1. The molecule has 1 saturated heterocycles. The zero-order valence-corrected chi connectivity index (χ0v) is 72.3. The number of unbranched alkanes of at least 4 members (excludes halogenated alkanes) is 28. The molecule has 0 bridgehead atoms. The summed E-state index contributed by atoms with van der Waals surface area (Å²) in [7, 11) is 0. The molecule has 0 aliphatic carbocycles. The molecule has 29 heteroatoms. The van der Waals surface area contributed by atoms with Gasteiger partial charge in [-0.1, -0.05) is 207 Å². The number of imide groups is 1. The lowest BCUT2D eigenvalue weighted by atomic mass is 9.94. The fourth-order valence-electron chi connectivity index (χ4n) is 12.6. The zero-order chi connectivity index (χ0) is 83.4. The van der Waals surface area contributed by atoms with Gasteiger partial charge in [0.25, 0.3) is 0 Å². The van der Waals surface area contributed by atoms with Crippen LogP contribution in [0.15, 0.2) is 0 Å². The SMILES string of the molecule is CCCCCCCCCCCCCCCCCC(=O)NCCOCCNC(=O)CCOCCNC(=O)CCOCCOCCOCCOCCN(CCOCCOCCOCCOCCC(=O)NCCOCCC(=O)NCCOCCNC(=O)CCCCCCCCCCCCCCCCC)C(=O)CCN1C(=O)CC(C(C)C)C1=O. The maximum Gasteiger partial charge on any atom is 0.233 e. The number of carbonyl (C=O) groups is 9. The molecule has 1 fully saturated rings. The second-order valence-electron chi connectivity index (χ2n) is 29.9. The van der Waals surface area contributed by atoms with Gasteiger partial charge in [0.2, 0.25) is 53.2 Å². The number of rotatable bonds is 90. The normalized spacial score (nSPS) is 12.8. The maximum absolute atomic E-state index is 13.5. The highest BCUT2D eigenvalue weighted by molar-refractivity contribution is 6.04. The Labute approximate surface area is 692 Å². The Morgan fingerprint density at radius 1 is 0.296 bits per heavy atom. The average molecular weight is 1640 g/mol. The van der Waals surface area contributed by atoms with Crippen LogP contribution in [-0.2, 0) is 100.0 Å². The Morgan fingerprint density at radius 3 is 0.765 bits per heavy atom. The van der Waals surface area contributed by atoms with Gasteiger partial charge in [-0.3, -0.25) is 48.1 Å². The molecule has 1 atom stereocenters. The van der Waals surface area contributed by atoms with E-state index in [4.69, 9.17) is 56.8 Å². The molecular weight excluding hydrogens is 1480 g/mol. The van der Waals surface area contributed by atoms with Crippen LogP contribution >= 0.6 is 0 Å². The van der Waals surface area contributed by atoms with Crippen molar-refractivity contribution in [2.24, 2.45) is 11.8 Å². The molecule has 1 rings (SSSR count). The van der Waals surface area contributed by atoms with E-state index >= 15 is 0 Å². The highest BCUT2D eigenvalue weighted by Gasteiger charge is 2.40. The van der Waals surface area contributed by atoms with Crippen molar-refractivity contribution in [3.05, 3.63) is 0 Å². The topological polar surface area (TPSA) is 343 Å². The van der Waals surface area contributed by atoms with Crippen molar-refractivity contribution >= 4 is 53.2 Å². The predicted octanol–water partition coefficient (Wildman–Crippen LogP) is 10.2. The maximum atomic E-state index is 13.5. The number of carbonyl (C=O) groups excluding carboxylic acids is 9. The lowest BCUT2D eigenvalue weighted by molar-refractivity contribution is -0.141. The Kier molecular flexibility index (Phi) is 78.8. The highest BCUT2D eigenvalue weighted by atomic mass is 16.6. The average Bonchev–Trinajstić information content (AvgIpc) is 1.68. The van der Waals surface area contributed by atoms with Crippen LogP contribution in [0.3, 0.4) is 0 Å². The van der Waals surface area contributed by atoms with Crippen LogP contribution in [0.1, 0.15) is 272 Å². The molecule has 0 aromatic carbocycles. The van der Waals surface area contributed by atoms with Crippen LogP contribution in [0.4, 0.5) is 0 Å². The predicted molar refractivity (Wildman–Crippen MR) is 446 cm³/mol. The quantitative estimate of drug-likeness (QED) is 0.0243. The van der Waals surface area contributed by atoms with Crippen LogP contribution in [0.2, 0.25) is 0 Å². The summed E-state index contributed by atoms with van der Waals surface area (Å²) in [5.74, 6) is -1.66. The summed E-state index contributed by atoms with van der Waals surface area (Å²) >= 11 is 0. The van der Waals surface area contributed by atoms with Gasteiger partial charge in [0.15, 0.2) is 0 Å². The van der Waals surface area contributed by atoms with Crippen LogP contribution in [0, 0.1) is 11.8 Å². The zero-order valence-electron chi connectivity index (χ0n) is 72.3. The lowest BCUT2D eigenvalue weighted by Crippen LogP contribution is -2.40. The summed E-state index contributed by atoms with van der Waals surface area (Å²) in [5.41, 5.74) is 0. The van der Waals surface area contributed by atoms with E-state index in [0.29, 0.717) is 145 Å². The molecule has 115 heavy (non-hydrogen) atoms. The Bertz CT molecular complexity index is 2210. The van der Waals surface area contributed by atoms with E-state index < -0.39 is 0 Å². The van der Waals surface area contributed by atoms with Gasteiger partial charge in [0, 0.05) is 116 Å². The van der Waals surface area contributed by atoms with Crippen LogP contribution < -0.4 is 31.9 Å². The number of ether oxygens (including phenoxy) is 12. The molecule has 0 spiro atoms. The number of nitrogens with zero attached hydrogens (tertiary/aromatic N) is 2. The van der Waals surface area contributed by atoms with E-state index in [1.807, 2.05) is 13.8 Å². The largest absolute Gasteiger partial charge is 0.379 e. The first kappa shape index (κ1) is 108. The third-order valence-electron chi connectivity index (χ3n) is 19.5. The lowest BCUT2D eigenvalue weighted by Gasteiger charge is -2.24. The van der Waals surface area contributed by atoms with Crippen molar-refractivity contribution in [2.75, 3.05) is 217 Å². The van der Waals surface area contributed by atoms with Gasteiger partial charge >= 0.3 is 0 Å². The number of hydrogen-bond acceptors (Lipinski definition) is 21. The van der Waals surface area contributed by atoms with Gasteiger partial charge in [0.05, 0.1) is 159 Å². The molecule has 1 unspecified atom stereocenters. The molecule has 6 N–H and O–H groups in total. The van der Waals surface area contributed by atoms with Crippen molar-refractivity contribution < 1.29 is 100.0 Å². The first-order valence-corrected chi connectivity index (χ1v) is 44.9. The first-order chi connectivity index (χ1) is 56.3. The molecule has 0 radical (unpaired) electrons. The summed E-state index contributed by atoms with van der Waals surface area (Å²) < 4.78 is 67.0. The molecule has 1 heterocycles. The van der Waals surface area contributed by atoms with Gasteiger partial charge < -0.3 is 93.6 Å². The van der Waals surface area contributed by atoms with Crippen LogP contribution in [-0.4, -0.2) is 280 Å². The van der Waals surface area contributed by atoms with E-state index in [0.717, 1.165) is 25.7 Å². The minimum atomic E-state index is -0.380. The Balaban J connectivity index is 2.01. The van der Waals surface area contributed by atoms with E-state index in [2.05, 4.69) is 45.7 Å². The van der Waals surface area contributed by atoms with E-state index in [-0.39, 0.29) is 189 Å². The highest BCUT2D eigenvalue weighted by Crippen LogP contribution is 2.27. The first-order valence-electron chi connectivity index (χ1n) is 44.9. The number of nitrogens with one attached hydrogen (secondary N) is 6. The molecule has 1 aliphatic heterocycles. The van der Waals surface area contributed by atoms with E-state index in [1.165, 1.54) is 172 Å². The summed E-state index contributed by atoms with van der Waals surface area (Å²) in [5, 5.41) is 16.9. The molecule has 0 aromatic rings. The third-order valence-corrected chi connectivity index (χ3v) is 19.5. The standard InChI is InChI=1S/C86H162N8O21/c1-5-7-9-11-13-15-17-19-21-23-25-27-29-31-33-35-78(95)87-44-57-108-59-46-91-80(97)38-51-104-55-42-89-82(99)40-53-106-63-67-112-71-73-114-69-65-110-61-49-93(84(101)37-48-94-85(102)75-77(76(3)4)86(94)103)50-62-111-66-70-115-74-72-113-68-64-107-54-41-83(100)90-43-56-105-52-39-81(98)92-47-60-109-58-45-88-79(96)36-34-32-30-28-26-24-22-20-18-16-14-12-10-8-6-2/h76-77H,5-75H2,1-4H3,(H,87,95)(H,88,96)(H,89,99)(H,90,100)(H,91,97)(H,92,98). The summed E-state index contributed by atoms with van der Waals surface area (Å²) in [6.07, 6.45) is 40.8. The summed E-state index contributed by atoms with van der Waals surface area (Å²) in [4.78, 5) is 115. The minimum Gasteiger partial charge on any atom is -0.379 e. The van der Waals surface area contributed by atoms with Crippen molar-refractivity contribution in [3.8, 4) is 0 Å². The second kappa shape index (κ2) is 84.0. The van der Waals surface area contributed by atoms with Crippen LogP contribution in [0.25, 0.3) is 0 Å². The molecule has 672 valence electrons. The second-order valence-corrected chi connectivity index (χ2v) is 29.9. The van der Waals surface area contributed by atoms with Gasteiger partial charge in [-0.15, -0.1) is 0 Å². The molecule has 29 nitrogen and oxygen atoms in total. The summed E-state index contributed by atoms with van der Waals surface area (Å²) in [6, 6.07) is 0. The fraction of sp³-hybridized carbons (Fsp3) is 0.895. The molecular formula is C86H162N8O21. The fourth-order valence-corrected chi connectivity index (χ4v) is 12.6. The van der Waals surface area contributed by atoms with E-state index in [9.17, 15) is 43.2 Å². The van der Waals surface area contributed by atoms with Crippen molar-refractivity contribution in [3.63, 3.8) is 0 Å². The smallest absolute Gasteiger partial charge is 0.233 e. The minimum absolute atomic E-state index is 0.0101. The molecule has 9 amide bonds. The van der Waals surface area contributed by atoms with Gasteiger partial charge in [-0.25, -0.2) is 0 Å². The monoisotopic (exact) mass is 1640 g/mol. The molecule has 0 aromatic heterocycles. The van der Waals surface area contributed by atoms with E-state index in [1.54, 1.807) is 4.90 Å². The van der Waals surface area contributed by atoms with Gasteiger partial charge in [-0.05, 0) is 18.8 Å². The third kappa shape index (κ3) is 73.8. The molecule has 0 saturated carbocycles. The number of amides is 9. The van der Waals surface area contributed by atoms with Crippen molar-refractivity contribution in [2.45, 2.75) is 272 Å². The van der Waals surface area contributed by atoms with Gasteiger partial charge in [0.1, 0.15) is 0 Å². The Hall–Kier alpha value is -5.05. The van der Waals surface area contributed by atoms with Crippen molar-refractivity contribution in [1.82, 2.24) is 41.7 Å². The number of hydrogen-bond donors (Lipinski definition) is 6.